The average Bonchev–Trinajstić information content (AvgIpc) is 3.20. The Morgan fingerprint density at radius 1 is 0.873 bits per heavy atom. The van der Waals surface area contributed by atoms with E-state index in [1.807, 2.05) is 40.7 Å². The highest BCUT2D eigenvalue weighted by atomic mass is 35.5. The third-order valence-corrected chi connectivity index (χ3v) is 17.5. The summed E-state index contributed by atoms with van der Waals surface area (Å²) < 4.78 is 12.7. The van der Waals surface area contributed by atoms with Crippen molar-refractivity contribution in [3.05, 3.63) is 58.1 Å². The van der Waals surface area contributed by atoms with Crippen molar-refractivity contribution in [3.63, 3.8) is 0 Å². The van der Waals surface area contributed by atoms with Crippen LogP contribution in [0.5, 0.6) is 0 Å². The van der Waals surface area contributed by atoms with E-state index >= 15 is 0 Å². The van der Waals surface area contributed by atoms with E-state index in [1.165, 1.54) is 43.3 Å². The van der Waals surface area contributed by atoms with Gasteiger partial charge < -0.3 is 29.6 Å². The van der Waals surface area contributed by atoms with E-state index < -0.39 is 62.1 Å². The molecule has 356 valence electrons. The number of amides is 4. The fourth-order valence-electron chi connectivity index (χ4n) is 6.80. The number of hydrogen-bond donors (Lipinski definition) is 2. The molecule has 0 radical (unpaired) electrons. The lowest BCUT2D eigenvalue weighted by Gasteiger charge is -2.42. The molecule has 0 fully saturated rings. The zero-order chi connectivity index (χ0) is 48.7. The third-order valence-electron chi connectivity index (χ3n) is 12.7. The monoisotopic (exact) mass is 917 g/mol. The van der Waals surface area contributed by atoms with Gasteiger partial charge in [0.2, 0.25) is 17.7 Å². The summed E-state index contributed by atoms with van der Waals surface area (Å²) in [5.74, 6) is -2.84. The number of likely N-dealkylation sites (N-methyl/N-ethyl adjacent to an activating group) is 2. The van der Waals surface area contributed by atoms with Crippen LogP contribution in [-0.4, -0.2) is 104 Å². The molecule has 0 saturated carbocycles. The lowest BCUT2D eigenvalue weighted by atomic mass is 9.85. The van der Waals surface area contributed by atoms with Crippen molar-refractivity contribution >= 4 is 55.3 Å². The maximum absolute atomic E-state index is 14.1. The van der Waals surface area contributed by atoms with Gasteiger partial charge in [-0.15, -0.1) is 0 Å². The Balaban J connectivity index is 3.24. The van der Waals surface area contributed by atoms with E-state index in [2.05, 4.69) is 71.3 Å². The van der Waals surface area contributed by atoms with E-state index in [0.29, 0.717) is 29.0 Å². The smallest absolute Gasteiger partial charge is 0.334 e. The summed E-state index contributed by atoms with van der Waals surface area (Å²) in [4.78, 5) is 83.2. The predicted molar refractivity (Wildman–Crippen MR) is 257 cm³/mol. The van der Waals surface area contributed by atoms with E-state index in [1.54, 1.807) is 31.2 Å². The molecular weight excluding hydrogens is 836 g/mol. The minimum atomic E-state index is -2.07. The summed E-state index contributed by atoms with van der Waals surface area (Å²) in [6.45, 7) is 31.5. The van der Waals surface area contributed by atoms with Gasteiger partial charge in [0.1, 0.15) is 12.1 Å². The number of ketones is 1. The summed E-state index contributed by atoms with van der Waals surface area (Å²) >= 11 is 6.13. The number of carbonyl (C=O) groups excluding carboxylic acids is 6. The molecule has 12 nitrogen and oxygen atoms in total. The highest BCUT2D eigenvalue weighted by molar-refractivity contribution is 6.74. The van der Waals surface area contributed by atoms with Crippen LogP contribution in [0.4, 0.5) is 0 Å². The van der Waals surface area contributed by atoms with Crippen molar-refractivity contribution in [2.45, 2.75) is 171 Å². The number of Topliss-reactive ketones (excluding diaryl/α,β-unsaturated/α-hetero) is 1. The second kappa shape index (κ2) is 25.6. The molecule has 2 unspecified atom stereocenters. The number of halogens is 1. The van der Waals surface area contributed by atoms with Gasteiger partial charge in [-0.05, 0) is 113 Å². The molecule has 8 atom stereocenters. The van der Waals surface area contributed by atoms with Gasteiger partial charge >= 0.3 is 5.97 Å². The van der Waals surface area contributed by atoms with Crippen molar-refractivity contribution in [1.82, 2.24) is 20.4 Å². The zero-order valence-electron chi connectivity index (χ0n) is 41.7. The summed E-state index contributed by atoms with van der Waals surface area (Å²) in [6, 6.07) is 3.97. The molecule has 63 heavy (non-hydrogen) atoms. The maximum Gasteiger partial charge on any atom is 0.334 e. The van der Waals surface area contributed by atoms with Crippen LogP contribution in [0, 0.1) is 23.7 Å². The first-order chi connectivity index (χ1) is 29.0. The van der Waals surface area contributed by atoms with Crippen LogP contribution in [0.15, 0.2) is 47.6 Å². The van der Waals surface area contributed by atoms with Crippen LogP contribution in [0.2, 0.25) is 23.2 Å². The maximum atomic E-state index is 14.1. The molecule has 14 heteroatoms. The average molecular weight is 918 g/mol. The molecule has 0 aliphatic heterocycles. The summed E-state index contributed by atoms with van der Waals surface area (Å²) in [5, 5.41) is 6.03. The van der Waals surface area contributed by atoms with Crippen molar-refractivity contribution in [2.75, 3.05) is 20.6 Å². The molecule has 0 spiro atoms. The van der Waals surface area contributed by atoms with Gasteiger partial charge in [0, 0.05) is 31.1 Å². The SMILES string of the molecule is C/C=C(\C)C(O[Si](C)(C)C(C)(C)C)[C@@H](C)[C@@H](C)C/C=C(\C)C(=O)O[C@H](CC(C)C)C(=O)N[C@@H](C)C(=O)N(C)[C@H](Cc1ccc(Cl)cc1)C(=O)N(C)CC(=O)N[C@H](C(C)=O)C(C)CC. The minimum absolute atomic E-state index is 0.0230. The number of allylic oxidation sites excluding steroid dienone is 2. The van der Waals surface area contributed by atoms with E-state index in [-0.39, 0.29) is 60.0 Å². The highest BCUT2D eigenvalue weighted by Gasteiger charge is 2.41. The Bertz CT molecular complexity index is 1770. The Morgan fingerprint density at radius 3 is 1.94 bits per heavy atom. The van der Waals surface area contributed by atoms with Crippen LogP contribution in [0.3, 0.4) is 0 Å². The predicted octanol–water partition coefficient (Wildman–Crippen LogP) is 8.72. The fraction of sp³-hybridized carbons (Fsp3) is 0.673. The molecule has 1 aromatic carbocycles. The molecule has 1 rings (SSSR count). The number of nitrogens with zero attached hydrogens (tertiary/aromatic N) is 2. The lowest BCUT2D eigenvalue weighted by Crippen LogP contribution is -2.56. The van der Waals surface area contributed by atoms with Gasteiger partial charge in [0.05, 0.1) is 18.7 Å². The number of nitrogens with one attached hydrogen (secondary N) is 2. The van der Waals surface area contributed by atoms with E-state index in [4.69, 9.17) is 20.8 Å². The van der Waals surface area contributed by atoms with Gasteiger partial charge in [-0.25, -0.2) is 4.79 Å². The van der Waals surface area contributed by atoms with Crippen molar-refractivity contribution in [3.8, 4) is 0 Å². The fourth-order valence-corrected chi connectivity index (χ4v) is 8.31. The third kappa shape index (κ3) is 17.9. The first-order valence-electron chi connectivity index (χ1n) is 22.5. The summed E-state index contributed by atoms with van der Waals surface area (Å²) in [5.41, 5.74) is 2.27. The molecule has 0 aliphatic carbocycles. The van der Waals surface area contributed by atoms with Crippen LogP contribution in [0.1, 0.15) is 122 Å². The van der Waals surface area contributed by atoms with Crippen molar-refractivity contribution in [1.29, 1.82) is 0 Å². The van der Waals surface area contributed by atoms with Crippen molar-refractivity contribution in [2.24, 2.45) is 23.7 Å². The van der Waals surface area contributed by atoms with Gasteiger partial charge in [-0.2, -0.15) is 0 Å². The Kier molecular flexibility index (Phi) is 23.3. The second-order valence-corrected chi connectivity index (χ2v) is 24.8. The lowest BCUT2D eigenvalue weighted by molar-refractivity contribution is -0.154. The minimum Gasteiger partial charge on any atom is -0.449 e. The quantitative estimate of drug-likeness (QED) is 0.0453. The molecule has 0 aliphatic rings. The molecule has 0 bridgehead atoms. The van der Waals surface area contributed by atoms with Gasteiger partial charge in [-0.1, -0.05) is 105 Å². The van der Waals surface area contributed by atoms with Crippen LogP contribution >= 0.6 is 11.6 Å². The van der Waals surface area contributed by atoms with Crippen LogP contribution < -0.4 is 10.6 Å². The molecule has 0 heterocycles. The van der Waals surface area contributed by atoms with Gasteiger partial charge in [-0.3, -0.25) is 24.0 Å². The first kappa shape index (κ1) is 57.2. The topological polar surface area (TPSA) is 151 Å². The summed E-state index contributed by atoms with van der Waals surface area (Å²) in [7, 11) is 0.855. The number of esters is 1. The summed E-state index contributed by atoms with van der Waals surface area (Å²) in [6.07, 6.45) is 4.30. The standard InChI is InChI=1S/C49H81ClN4O8Si/c1-19-31(5)43(37(11)55)52-42(56)29-53(15)47(59)40(28-38-23-25-39(50)26-24-38)54(16)46(58)36(10)51-45(57)41(27-30(3)4)61-48(60)34(8)22-21-33(7)35(9)44(32(6)20-2)62-63(17,18)49(12,13)14/h20,22-26,30-31,33,35-36,40-41,43-44H,19,21,27-29H2,1-18H3,(H,51,57)(H,52,56)/b32-20+,34-22+/t31?,33-,35-,36-,40+,41+,43-,44?/m0/s1. The zero-order valence-corrected chi connectivity index (χ0v) is 43.5. The highest BCUT2D eigenvalue weighted by Crippen LogP contribution is 2.40. The number of ether oxygens (including phenoxy) is 1. The molecule has 2 N–H and O–H groups in total. The number of hydrogen-bond acceptors (Lipinski definition) is 8. The Morgan fingerprint density at radius 2 is 1.44 bits per heavy atom. The van der Waals surface area contributed by atoms with Gasteiger partial charge in [0.15, 0.2) is 20.2 Å². The Labute approximate surface area is 385 Å². The number of benzene rings is 1. The van der Waals surface area contributed by atoms with Crippen molar-refractivity contribution < 1.29 is 37.9 Å². The molecule has 1 aromatic rings. The van der Waals surface area contributed by atoms with E-state index in [9.17, 15) is 28.8 Å². The first-order valence-corrected chi connectivity index (χ1v) is 25.8. The molecule has 0 saturated heterocycles. The Hall–Kier alpha value is -3.81. The number of carbonyl (C=O) groups is 6. The van der Waals surface area contributed by atoms with E-state index in [0.717, 1.165) is 0 Å². The molecule has 0 aromatic heterocycles. The van der Waals surface area contributed by atoms with Crippen LogP contribution in [-0.2, 0) is 44.4 Å². The van der Waals surface area contributed by atoms with Gasteiger partial charge in [0.25, 0.3) is 5.91 Å². The normalized spacial score (nSPS) is 16.4. The molecule has 4 amide bonds. The number of rotatable bonds is 24. The molecular formula is C49H81ClN4O8Si. The van der Waals surface area contributed by atoms with Crippen LogP contribution in [0.25, 0.3) is 0 Å². The second-order valence-electron chi connectivity index (χ2n) is 19.6. The largest absolute Gasteiger partial charge is 0.449 e.